The molecular weight excluding hydrogens is 338 g/mol. The normalized spacial score (nSPS) is 11.4. The first kappa shape index (κ1) is 15.1. The Hall–Kier alpha value is -0.321. The van der Waals surface area contributed by atoms with Gasteiger partial charge in [0.1, 0.15) is 0 Å². The zero-order valence-electron chi connectivity index (χ0n) is 10.8. The van der Waals surface area contributed by atoms with Gasteiger partial charge in [0.15, 0.2) is 0 Å². The van der Waals surface area contributed by atoms with E-state index in [1.54, 1.807) is 0 Å². The Morgan fingerprint density at radius 2 is 1.11 bits per heavy atom. The molecule has 0 N–H and O–H groups in total. The Kier molecular flexibility index (Phi) is 5.92. The van der Waals surface area contributed by atoms with E-state index in [1.807, 2.05) is 0 Å². The molecule has 3 heteroatoms. The Balaban J connectivity index is 1.84. The van der Waals surface area contributed by atoms with Crippen molar-refractivity contribution in [2.75, 3.05) is 12.3 Å². The summed E-state index contributed by atoms with van der Waals surface area (Å²) in [5.74, 6) is 0. The quantitative estimate of drug-likeness (QED) is 0.519. The Labute approximate surface area is 128 Å². The number of halogens is 1. The molecule has 0 spiro atoms. The molecule has 2 aromatic rings. The van der Waals surface area contributed by atoms with Crippen molar-refractivity contribution in [1.29, 1.82) is 0 Å². The first-order valence-electron chi connectivity index (χ1n) is 6.51. The fourth-order valence-corrected chi connectivity index (χ4v) is 5.06. The Morgan fingerprint density at radius 1 is 0.737 bits per heavy atom. The average Bonchev–Trinajstić information content (AvgIpc) is 2.46. The van der Waals surface area contributed by atoms with Crippen LogP contribution in [0.3, 0.4) is 0 Å². The Morgan fingerprint density at radius 3 is 1.47 bits per heavy atom. The minimum atomic E-state index is -1.43. The van der Waals surface area contributed by atoms with E-state index in [9.17, 15) is 0 Å². The van der Waals surface area contributed by atoms with E-state index in [0.29, 0.717) is 0 Å². The molecule has 0 aromatic heterocycles. The summed E-state index contributed by atoms with van der Waals surface area (Å²) in [4.78, 5) is -1.43. The first-order chi connectivity index (χ1) is 9.16. The average molecular weight is 356 g/mol. The number of hydrogen-bond acceptors (Lipinski definition) is 0. The van der Waals surface area contributed by atoms with Crippen LogP contribution in [-0.4, -0.2) is 27.4 Å². The molecule has 0 atom stereocenters. The van der Waals surface area contributed by atoms with E-state index in [2.05, 4.69) is 75.8 Å². The number of rotatable bonds is 6. The van der Waals surface area contributed by atoms with Gasteiger partial charge >= 0.3 is 128 Å². The second-order valence-corrected chi connectivity index (χ2v) is 14.9. The van der Waals surface area contributed by atoms with E-state index >= 15 is 0 Å². The van der Waals surface area contributed by atoms with Gasteiger partial charge in [-0.25, -0.2) is 0 Å². The summed E-state index contributed by atoms with van der Waals surface area (Å²) in [6.45, 7) is 0. The molecule has 0 amide bonds. The first-order valence-corrected chi connectivity index (χ1v) is 11.8. The van der Waals surface area contributed by atoms with Gasteiger partial charge in [-0.2, -0.15) is 0 Å². The molecule has 0 saturated heterocycles. The zero-order chi connectivity index (χ0) is 13.6. The summed E-state index contributed by atoms with van der Waals surface area (Å²) in [5.41, 5.74) is 2.75. The van der Waals surface area contributed by atoms with Gasteiger partial charge in [-0.05, 0) is 0 Å². The minimum absolute atomic E-state index is 1.07. The third-order valence-electron chi connectivity index (χ3n) is 3.15. The van der Waals surface area contributed by atoms with Crippen LogP contribution in [0, 0.1) is 0 Å². The predicted octanol–water partition coefficient (Wildman–Crippen LogP) is 4.73. The van der Waals surface area contributed by atoms with Crippen LogP contribution < -0.4 is 0 Å². The van der Waals surface area contributed by atoms with Gasteiger partial charge in [0.2, 0.25) is 0 Å². The van der Waals surface area contributed by atoms with Crippen LogP contribution in [0.1, 0.15) is 11.1 Å². The van der Waals surface area contributed by atoms with Crippen molar-refractivity contribution in [3.05, 3.63) is 71.8 Å². The van der Waals surface area contributed by atoms with Gasteiger partial charge in [0.25, 0.3) is 0 Å². The predicted molar refractivity (Wildman–Crippen MR) is 88.6 cm³/mol. The summed E-state index contributed by atoms with van der Waals surface area (Å²) in [5, 5.41) is 0. The van der Waals surface area contributed by atoms with Gasteiger partial charge in [-0.3, -0.25) is 0 Å². The van der Waals surface area contributed by atoms with E-state index in [-0.39, 0.29) is 0 Å². The fourth-order valence-electron chi connectivity index (χ4n) is 1.99. The second-order valence-electron chi connectivity index (χ2n) is 4.71. The molecule has 2 aromatic carbocycles. The van der Waals surface area contributed by atoms with Crippen LogP contribution in [0.2, 0.25) is 0 Å². The molecule has 0 fully saturated rings. The summed E-state index contributed by atoms with van der Waals surface area (Å²) in [7, 11) is 0. The van der Waals surface area contributed by atoms with Gasteiger partial charge < -0.3 is 0 Å². The standard InChI is InChI=1S/C16H18ClPSe/c17-18(19,13-11-15-7-3-1-4-8-15)14-12-16-9-5-2-6-10-16/h1-10H,11-14H2. The van der Waals surface area contributed by atoms with E-state index in [0.717, 1.165) is 25.2 Å². The second kappa shape index (κ2) is 7.46. The van der Waals surface area contributed by atoms with E-state index in [4.69, 9.17) is 11.2 Å². The summed E-state index contributed by atoms with van der Waals surface area (Å²) in [6, 6.07) is 21.2. The van der Waals surface area contributed by atoms with Crippen molar-refractivity contribution in [1.82, 2.24) is 0 Å². The Bertz CT molecular complexity index is 492. The van der Waals surface area contributed by atoms with Crippen molar-refractivity contribution in [2.45, 2.75) is 12.8 Å². The van der Waals surface area contributed by atoms with Crippen LogP contribution >= 0.6 is 16.1 Å². The molecule has 0 nitrogen and oxygen atoms in total. The topological polar surface area (TPSA) is 0 Å². The number of hydrogen-bond donors (Lipinski definition) is 0. The maximum absolute atomic E-state index is 6.69. The maximum atomic E-state index is 6.69. The monoisotopic (exact) mass is 356 g/mol. The molecule has 0 radical (unpaired) electrons. The van der Waals surface area contributed by atoms with Gasteiger partial charge in [0.05, 0.1) is 0 Å². The number of benzene rings is 2. The van der Waals surface area contributed by atoms with Crippen LogP contribution in [0.5, 0.6) is 0 Å². The van der Waals surface area contributed by atoms with Crippen molar-refractivity contribution in [3.8, 4) is 0 Å². The van der Waals surface area contributed by atoms with Crippen molar-refractivity contribution >= 4 is 31.2 Å². The van der Waals surface area contributed by atoms with E-state index in [1.165, 1.54) is 11.1 Å². The molecule has 0 heterocycles. The summed E-state index contributed by atoms with van der Waals surface area (Å²) >= 11 is 9.96. The third-order valence-corrected chi connectivity index (χ3v) is 8.25. The fraction of sp³-hybridized carbons (Fsp3) is 0.250. The van der Waals surface area contributed by atoms with Crippen molar-refractivity contribution < 1.29 is 0 Å². The molecule has 2 rings (SSSR count). The van der Waals surface area contributed by atoms with Crippen LogP contribution in [0.25, 0.3) is 0 Å². The van der Waals surface area contributed by atoms with Gasteiger partial charge in [-0.15, -0.1) is 0 Å². The molecule has 100 valence electrons. The third kappa shape index (κ3) is 5.67. The van der Waals surface area contributed by atoms with Crippen LogP contribution in [0.4, 0.5) is 0 Å². The summed E-state index contributed by atoms with van der Waals surface area (Å²) < 4.78 is 0. The zero-order valence-corrected chi connectivity index (χ0v) is 14.2. The molecule has 0 unspecified atom stereocenters. The molecule has 0 saturated carbocycles. The van der Waals surface area contributed by atoms with Crippen LogP contribution in [0.15, 0.2) is 60.7 Å². The van der Waals surface area contributed by atoms with E-state index < -0.39 is 4.86 Å². The molecule has 0 aliphatic rings. The van der Waals surface area contributed by atoms with Gasteiger partial charge in [-0.1, -0.05) is 0 Å². The SMILES string of the molecule is ClP(=[Se])(CCc1ccccc1)CCc1ccccc1. The van der Waals surface area contributed by atoms with Crippen molar-refractivity contribution in [2.24, 2.45) is 0 Å². The van der Waals surface area contributed by atoms with Crippen LogP contribution in [-0.2, 0) is 12.8 Å². The molecule has 0 bridgehead atoms. The molecule has 0 aliphatic carbocycles. The molecule has 0 aliphatic heterocycles. The molecular formula is C16H18ClPSe. The molecule has 19 heavy (non-hydrogen) atoms. The van der Waals surface area contributed by atoms with Crippen molar-refractivity contribution in [3.63, 3.8) is 0 Å². The summed E-state index contributed by atoms with van der Waals surface area (Å²) in [6.07, 6.45) is 4.29. The number of aryl methyl sites for hydroxylation is 2. The van der Waals surface area contributed by atoms with Gasteiger partial charge in [0, 0.05) is 0 Å².